The van der Waals surface area contributed by atoms with Gasteiger partial charge in [0.2, 0.25) is 0 Å². The molecular formula is C32H41NO3. The summed E-state index contributed by atoms with van der Waals surface area (Å²) < 4.78 is 0. The van der Waals surface area contributed by atoms with Crippen molar-refractivity contribution in [2.75, 3.05) is 19.6 Å². The molecule has 0 spiro atoms. The lowest BCUT2D eigenvalue weighted by molar-refractivity contribution is -0.0842. The first-order valence-corrected chi connectivity index (χ1v) is 13.2. The van der Waals surface area contributed by atoms with Crippen molar-refractivity contribution in [2.24, 2.45) is 5.92 Å². The van der Waals surface area contributed by atoms with Crippen LogP contribution in [0.15, 0.2) is 84.9 Å². The summed E-state index contributed by atoms with van der Waals surface area (Å²) in [4.78, 5) is 2.26. The van der Waals surface area contributed by atoms with Gasteiger partial charge in [-0.15, -0.1) is 0 Å². The minimum absolute atomic E-state index is 0.101. The van der Waals surface area contributed by atoms with Crippen molar-refractivity contribution in [3.05, 3.63) is 107 Å². The Bertz CT molecular complexity index is 1040. The van der Waals surface area contributed by atoms with Crippen molar-refractivity contribution >= 4 is 0 Å². The topological polar surface area (TPSA) is 63.9 Å². The Balaban J connectivity index is 1.36. The molecule has 3 aromatic rings. The Labute approximate surface area is 216 Å². The van der Waals surface area contributed by atoms with Crippen molar-refractivity contribution in [3.8, 4) is 0 Å². The van der Waals surface area contributed by atoms with E-state index in [1.54, 1.807) is 0 Å². The van der Waals surface area contributed by atoms with E-state index < -0.39 is 17.8 Å². The summed E-state index contributed by atoms with van der Waals surface area (Å²) in [6, 6.07) is 27.7. The molecule has 4 nitrogen and oxygen atoms in total. The Kier molecular flexibility index (Phi) is 8.31. The molecule has 3 unspecified atom stereocenters. The summed E-state index contributed by atoms with van der Waals surface area (Å²) in [5.41, 5.74) is 2.70. The fraction of sp³-hybridized carbons (Fsp3) is 0.438. The molecule has 192 valence electrons. The van der Waals surface area contributed by atoms with Crippen molar-refractivity contribution in [3.63, 3.8) is 0 Å². The van der Waals surface area contributed by atoms with Crippen LogP contribution < -0.4 is 0 Å². The number of benzene rings is 3. The lowest BCUT2D eigenvalue weighted by Gasteiger charge is -2.45. The predicted molar refractivity (Wildman–Crippen MR) is 146 cm³/mol. The lowest BCUT2D eigenvalue weighted by atomic mass is 9.71. The maximum absolute atomic E-state index is 12.1. The number of rotatable bonds is 8. The molecule has 3 N–H and O–H groups in total. The summed E-state index contributed by atoms with van der Waals surface area (Å²) in [6.07, 6.45) is 1.09. The van der Waals surface area contributed by atoms with Gasteiger partial charge >= 0.3 is 0 Å². The van der Waals surface area contributed by atoms with Gasteiger partial charge < -0.3 is 20.2 Å². The van der Waals surface area contributed by atoms with Gasteiger partial charge in [-0.3, -0.25) is 0 Å². The van der Waals surface area contributed by atoms with Crippen LogP contribution in [0.1, 0.15) is 68.4 Å². The van der Waals surface area contributed by atoms with Crippen LogP contribution in [0, 0.1) is 5.92 Å². The number of aliphatic hydroxyl groups excluding tert-OH is 2. The molecule has 0 aromatic heterocycles. The molecule has 1 heterocycles. The van der Waals surface area contributed by atoms with Gasteiger partial charge in [-0.2, -0.15) is 0 Å². The van der Waals surface area contributed by atoms with Crippen LogP contribution in [0.4, 0.5) is 0 Å². The van der Waals surface area contributed by atoms with Crippen LogP contribution in [-0.2, 0) is 11.0 Å². The zero-order chi connectivity index (χ0) is 25.8. The van der Waals surface area contributed by atoms with E-state index in [1.165, 1.54) is 5.56 Å². The molecule has 1 aliphatic rings. The van der Waals surface area contributed by atoms with E-state index in [9.17, 15) is 15.3 Å². The maximum atomic E-state index is 12.1. The average molecular weight is 488 g/mol. The number of aliphatic hydroxyl groups is 3. The molecule has 3 atom stereocenters. The standard InChI is InChI=1S/C32H41NO3/c1-31(2,3)25-18-16-24(17-19-25)29(34)15-10-21-33-22-20-28(30(35)23-33)32(36,26-11-6-4-7-12-26)27-13-8-5-9-14-27/h4-9,11-14,16-19,28-30,34-36H,10,15,20-23H2,1-3H3. The second-order valence-corrected chi connectivity index (χ2v) is 11.3. The summed E-state index contributed by atoms with van der Waals surface area (Å²) in [6.45, 7) is 8.71. The van der Waals surface area contributed by atoms with Crippen LogP contribution in [-0.4, -0.2) is 46.0 Å². The quantitative estimate of drug-likeness (QED) is 0.397. The average Bonchev–Trinajstić information content (AvgIpc) is 2.89. The Hall–Kier alpha value is -2.50. The predicted octanol–water partition coefficient (Wildman–Crippen LogP) is 5.42. The molecule has 1 saturated heterocycles. The molecule has 36 heavy (non-hydrogen) atoms. The molecule has 0 amide bonds. The first kappa shape index (κ1) is 26.6. The van der Waals surface area contributed by atoms with E-state index in [1.807, 2.05) is 72.8 Å². The molecule has 0 bridgehead atoms. The number of hydrogen-bond acceptors (Lipinski definition) is 4. The van der Waals surface area contributed by atoms with Gasteiger partial charge in [0, 0.05) is 12.5 Å². The highest BCUT2D eigenvalue weighted by molar-refractivity contribution is 5.37. The highest BCUT2D eigenvalue weighted by Gasteiger charge is 2.45. The van der Waals surface area contributed by atoms with Crippen LogP contribution in [0.2, 0.25) is 0 Å². The molecule has 4 heteroatoms. The molecule has 1 aliphatic heterocycles. The van der Waals surface area contributed by atoms with Gasteiger partial charge in [-0.25, -0.2) is 0 Å². The molecule has 0 saturated carbocycles. The number of β-amino-alcohol motifs (C(OH)–C–C–N with tert-alkyl or cyclic N) is 1. The zero-order valence-corrected chi connectivity index (χ0v) is 21.8. The van der Waals surface area contributed by atoms with Gasteiger partial charge in [0.15, 0.2) is 0 Å². The van der Waals surface area contributed by atoms with E-state index in [2.05, 4.69) is 37.8 Å². The molecule has 3 aromatic carbocycles. The zero-order valence-electron chi connectivity index (χ0n) is 21.8. The minimum atomic E-state index is -1.25. The van der Waals surface area contributed by atoms with Gasteiger partial charge in [0.05, 0.1) is 12.2 Å². The maximum Gasteiger partial charge on any atom is 0.120 e. The third kappa shape index (κ3) is 5.90. The van der Waals surface area contributed by atoms with Gasteiger partial charge in [0.1, 0.15) is 5.60 Å². The molecule has 0 aliphatic carbocycles. The summed E-state index contributed by atoms with van der Waals surface area (Å²) in [5, 5.41) is 34.0. The highest BCUT2D eigenvalue weighted by Crippen LogP contribution is 2.42. The lowest BCUT2D eigenvalue weighted by Crippen LogP contribution is -2.52. The molecular weight excluding hydrogens is 446 g/mol. The number of likely N-dealkylation sites (tertiary alicyclic amines) is 1. The molecule has 1 fully saturated rings. The van der Waals surface area contributed by atoms with Gasteiger partial charge in [0.25, 0.3) is 0 Å². The number of nitrogens with zero attached hydrogens (tertiary/aromatic N) is 1. The fourth-order valence-electron chi connectivity index (χ4n) is 5.55. The first-order chi connectivity index (χ1) is 17.2. The summed E-state index contributed by atoms with van der Waals surface area (Å²) >= 11 is 0. The Morgan fingerprint density at radius 2 is 1.39 bits per heavy atom. The van der Waals surface area contributed by atoms with E-state index in [0.29, 0.717) is 19.4 Å². The second-order valence-electron chi connectivity index (χ2n) is 11.3. The monoisotopic (exact) mass is 487 g/mol. The van der Waals surface area contributed by atoms with Crippen molar-refractivity contribution in [2.45, 2.75) is 63.3 Å². The Morgan fingerprint density at radius 1 is 0.833 bits per heavy atom. The minimum Gasteiger partial charge on any atom is -0.391 e. The largest absolute Gasteiger partial charge is 0.391 e. The van der Waals surface area contributed by atoms with E-state index >= 15 is 0 Å². The highest BCUT2D eigenvalue weighted by atomic mass is 16.3. The van der Waals surface area contributed by atoms with Crippen molar-refractivity contribution in [1.82, 2.24) is 4.90 Å². The first-order valence-electron chi connectivity index (χ1n) is 13.2. The third-order valence-corrected chi connectivity index (χ3v) is 7.74. The van der Waals surface area contributed by atoms with Crippen LogP contribution >= 0.6 is 0 Å². The van der Waals surface area contributed by atoms with Crippen LogP contribution in [0.25, 0.3) is 0 Å². The number of piperidine rings is 1. The number of hydrogen-bond donors (Lipinski definition) is 3. The van der Waals surface area contributed by atoms with Crippen LogP contribution in [0.5, 0.6) is 0 Å². The third-order valence-electron chi connectivity index (χ3n) is 7.74. The summed E-state index contributed by atoms with van der Waals surface area (Å²) in [5.74, 6) is -0.300. The van der Waals surface area contributed by atoms with E-state index in [-0.39, 0.29) is 11.3 Å². The van der Waals surface area contributed by atoms with E-state index in [0.717, 1.165) is 36.2 Å². The van der Waals surface area contributed by atoms with Gasteiger partial charge in [-0.1, -0.05) is 106 Å². The summed E-state index contributed by atoms with van der Waals surface area (Å²) in [7, 11) is 0. The normalized spacial score (nSPS) is 20.3. The van der Waals surface area contributed by atoms with Crippen LogP contribution in [0.3, 0.4) is 0 Å². The second kappa shape index (κ2) is 11.3. The van der Waals surface area contributed by atoms with E-state index in [4.69, 9.17) is 0 Å². The van der Waals surface area contributed by atoms with Crippen molar-refractivity contribution in [1.29, 1.82) is 0 Å². The van der Waals surface area contributed by atoms with Crippen molar-refractivity contribution < 1.29 is 15.3 Å². The Morgan fingerprint density at radius 3 is 1.89 bits per heavy atom. The smallest absolute Gasteiger partial charge is 0.120 e. The molecule has 4 rings (SSSR count). The molecule has 0 radical (unpaired) electrons. The SMILES string of the molecule is CC(C)(C)c1ccc(C(O)CCCN2CCC(C(O)(c3ccccc3)c3ccccc3)C(O)C2)cc1. The van der Waals surface area contributed by atoms with Gasteiger partial charge in [-0.05, 0) is 60.0 Å². The fourth-order valence-corrected chi connectivity index (χ4v) is 5.55.